The molecule has 70 valence electrons. The lowest BCUT2D eigenvalue weighted by Gasteiger charge is -2.16. The minimum atomic E-state index is 0.0830. The predicted octanol–water partition coefficient (Wildman–Crippen LogP) is -0.569. The molecule has 0 bridgehead atoms. The van der Waals surface area contributed by atoms with Crippen LogP contribution in [0.15, 0.2) is 12.3 Å². The van der Waals surface area contributed by atoms with Crippen molar-refractivity contribution in [1.29, 1.82) is 5.41 Å². The highest BCUT2D eigenvalue weighted by Gasteiger charge is 2.03. The number of nitrogens with two attached hydrogens (primary N) is 2. The zero-order valence-corrected chi connectivity index (χ0v) is 7.36. The Kier molecular flexibility index (Phi) is 2.63. The van der Waals surface area contributed by atoms with Gasteiger partial charge in [-0.3, -0.25) is 5.41 Å². The van der Waals surface area contributed by atoms with Gasteiger partial charge in [-0.25, -0.2) is 4.98 Å². The summed E-state index contributed by atoms with van der Waals surface area (Å²) in [7, 11) is 1.78. The Morgan fingerprint density at radius 1 is 1.69 bits per heavy atom. The lowest BCUT2D eigenvalue weighted by molar-refractivity contribution is 0.989. The molecule has 0 saturated heterocycles. The fraction of sp³-hybridized carbons (Fsp3) is 0.286. The van der Waals surface area contributed by atoms with E-state index in [4.69, 9.17) is 16.9 Å². The Hall–Kier alpha value is -1.85. The first-order valence-electron chi connectivity index (χ1n) is 3.72. The third-order valence-electron chi connectivity index (χ3n) is 1.46. The molecule has 5 N–H and O–H groups in total. The van der Waals surface area contributed by atoms with Crippen LogP contribution in [0.2, 0.25) is 0 Å². The Bertz CT molecular complexity index is 310. The summed E-state index contributed by atoms with van der Waals surface area (Å²) >= 11 is 0. The third kappa shape index (κ3) is 2.58. The number of nitrogens with zero attached hydrogens (tertiary/aromatic N) is 3. The summed E-state index contributed by atoms with van der Waals surface area (Å²) in [5.41, 5.74) is 10.6. The van der Waals surface area contributed by atoms with Gasteiger partial charge in [0.2, 0.25) is 5.95 Å². The van der Waals surface area contributed by atoms with Crippen molar-refractivity contribution in [1.82, 2.24) is 9.97 Å². The number of aromatic nitrogens is 2. The van der Waals surface area contributed by atoms with Gasteiger partial charge in [0.05, 0.1) is 6.54 Å². The Labute approximate surface area is 76.1 Å². The molecule has 6 heteroatoms. The quantitative estimate of drug-likeness (QED) is 0.427. The second-order valence-corrected chi connectivity index (χ2v) is 2.65. The molecule has 13 heavy (non-hydrogen) atoms. The zero-order chi connectivity index (χ0) is 9.84. The summed E-state index contributed by atoms with van der Waals surface area (Å²) in [4.78, 5) is 9.45. The van der Waals surface area contributed by atoms with Gasteiger partial charge >= 0.3 is 0 Å². The van der Waals surface area contributed by atoms with Crippen LogP contribution in [0.5, 0.6) is 0 Å². The van der Waals surface area contributed by atoms with E-state index in [1.165, 1.54) is 0 Å². The summed E-state index contributed by atoms with van der Waals surface area (Å²) in [6, 6.07) is 1.71. The van der Waals surface area contributed by atoms with Crippen LogP contribution >= 0.6 is 0 Å². The molecule has 1 aromatic heterocycles. The van der Waals surface area contributed by atoms with Crippen LogP contribution in [0.1, 0.15) is 0 Å². The van der Waals surface area contributed by atoms with Crippen LogP contribution in [-0.2, 0) is 0 Å². The third-order valence-corrected chi connectivity index (χ3v) is 1.46. The molecule has 0 aliphatic heterocycles. The van der Waals surface area contributed by atoms with Crippen molar-refractivity contribution in [3.8, 4) is 0 Å². The normalized spacial score (nSPS) is 9.62. The van der Waals surface area contributed by atoms with Gasteiger partial charge < -0.3 is 16.4 Å². The van der Waals surface area contributed by atoms with E-state index in [-0.39, 0.29) is 11.8 Å². The number of rotatable bonds is 3. The van der Waals surface area contributed by atoms with Crippen LogP contribution in [0.3, 0.4) is 0 Å². The van der Waals surface area contributed by atoms with Crippen molar-refractivity contribution < 1.29 is 0 Å². The molecule has 0 fully saturated rings. The maximum absolute atomic E-state index is 7.09. The molecule has 0 unspecified atom stereocenters. The second-order valence-electron chi connectivity index (χ2n) is 2.65. The predicted molar refractivity (Wildman–Crippen MR) is 51.6 cm³/mol. The summed E-state index contributed by atoms with van der Waals surface area (Å²) in [6.45, 7) is 0.330. The second kappa shape index (κ2) is 3.70. The van der Waals surface area contributed by atoms with Crippen molar-refractivity contribution in [2.24, 2.45) is 5.73 Å². The molecule has 1 aromatic rings. The number of nitrogens with one attached hydrogen (secondary N) is 1. The summed E-state index contributed by atoms with van der Waals surface area (Å²) in [6.07, 6.45) is 1.56. The number of likely N-dealkylation sites (N-methyl/N-ethyl adjacent to an activating group) is 1. The molecule has 0 saturated carbocycles. The highest BCUT2D eigenvalue weighted by Crippen LogP contribution is 2.07. The van der Waals surface area contributed by atoms with Crippen LogP contribution in [0.25, 0.3) is 0 Å². The van der Waals surface area contributed by atoms with Crippen molar-refractivity contribution in [2.45, 2.75) is 0 Å². The van der Waals surface area contributed by atoms with E-state index in [0.29, 0.717) is 12.4 Å². The summed E-state index contributed by atoms with van der Waals surface area (Å²) < 4.78 is 0. The van der Waals surface area contributed by atoms with Crippen molar-refractivity contribution in [3.63, 3.8) is 0 Å². The van der Waals surface area contributed by atoms with E-state index in [2.05, 4.69) is 9.97 Å². The first-order valence-corrected chi connectivity index (χ1v) is 3.72. The molecule has 0 spiro atoms. The maximum Gasteiger partial charge on any atom is 0.221 e. The van der Waals surface area contributed by atoms with Gasteiger partial charge in [-0.15, -0.1) is 0 Å². The molecule has 0 aliphatic carbocycles. The largest absolute Gasteiger partial charge is 0.386 e. The van der Waals surface area contributed by atoms with E-state index in [1.807, 2.05) is 0 Å². The van der Waals surface area contributed by atoms with E-state index >= 15 is 0 Å². The van der Waals surface area contributed by atoms with Gasteiger partial charge in [-0.05, 0) is 6.07 Å². The Morgan fingerprint density at radius 2 is 2.38 bits per heavy atom. The van der Waals surface area contributed by atoms with E-state index < -0.39 is 0 Å². The van der Waals surface area contributed by atoms with Crippen LogP contribution in [-0.4, -0.2) is 29.4 Å². The van der Waals surface area contributed by atoms with Gasteiger partial charge in [-0.2, -0.15) is 4.98 Å². The average Bonchev–Trinajstić information content (AvgIpc) is 2.03. The minimum Gasteiger partial charge on any atom is -0.386 e. The molecule has 0 atom stereocenters. The van der Waals surface area contributed by atoms with E-state index in [1.54, 1.807) is 24.2 Å². The lowest BCUT2D eigenvalue weighted by Crippen LogP contribution is -2.30. The average molecular weight is 180 g/mol. The van der Waals surface area contributed by atoms with Crippen molar-refractivity contribution in [2.75, 3.05) is 24.2 Å². The van der Waals surface area contributed by atoms with Crippen LogP contribution in [0, 0.1) is 5.41 Å². The molecule has 0 aliphatic rings. The highest BCUT2D eigenvalue weighted by molar-refractivity contribution is 5.81. The number of hydrogen-bond donors (Lipinski definition) is 3. The summed E-state index contributed by atoms with van der Waals surface area (Å²) in [5, 5.41) is 7.09. The van der Waals surface area contributed by atoms with Crippen molar-refractivity contribution in [3.05, 3.63) is 12.3 Å². The van der Waals surface area contributed by atoms with Crippen molar-refractivity contribution >= 4 is 17.6 Å². The van der Waals surface area contributed by atoms with Gasteiger partial charge in [0.1, 0.15) is 11.7 Å². The van der Waals surface area contributed by atoms with Gasteiger partial charge in [0.15, 0.2) is 0 Å². The molecule has 0 amide bonds. The zero-order valence-electron chi connectivity index (χ0n) is 7.36. The fourth-order valence-electron chi connectivity index (χ4n) is 0.913. The van der Waals surface area contributed by atoms with E-state index in [0.717, 1.165) is 0 Å². The molecule has 6 nitrogen and oxygen atoms in total. The molecule has 1 heterocycles. The maximum atomic E-state index is 7.09. The van der Waals surface area contributed by atoms with Gasteiger partial charge in [0, 0.05) is 13.2 Å². The Balaban J connectivity index is 2.76. The number of amidine groups is 1. The molecule has 1 rings (SSSR count). The molecular formula is C7H12N6. The summed E-state index contributed by atoms with van der Waals surface area (Å²) in [5.74, 6) is 0.954. The van der Waals surface area contributed by atoms with Crippen LogP contribution < -0.4 is 16.4 Å². The number of hydrogen-bond acceptors (Lipinski definition) is 5. The van der Waals surface area contributed by atoms with E-state index in [9.17, 15) is 0 Å². The van der Waals surface area contributed by atoms with Gasteiger partial charge in [-0.1, -0.05) is 0 Å². The monoisotopic (exact) mass is 180 g/mol. The van der Waals surface area contributed by atoms with Crippen LogP contribution in [0.4, 0.5) is 11.8 Å². The fourth-order valence-corrected chi connectivity index (χ4v) is 0.913. The Morgan fingerprint density at radius 3 is 2.92 bits per heavy atom. The highest BCUT2D eigenvalue weighted by atomic mass is 15.2. The smallest absolute Gasteiger partial charge is 0.221 e. The number of nitrogen functional groups attached to an aromatic ring is 1. The molecule has 0 aromatic carbocycles. The first-order chi connectivity index (χ1) is 6.09. The lowest BCUT2D eigenvalue weighted by atomic mass is 10.4. The number of anilines is 2. The first kappa shape index (κ1) is 9.24. The molecular weight excluding hydrogens is 168 g/mol. The topological polar surface area (TPSA) is 105 Å². The SMILES string of the molecule is CN(CC(=N)N)c1ccnc(N)n1. The molecule has 0 radical (unpaired) electrons. The van der Waals surface area contributed by atoms with Gasteiger partial charge in [0.25, 0.3) is 0 Å². The standard InChI is InChI=1S/C7H12N6/c1-13(4-5(8)9)6-2-3-11-7(10)12-6/h2-3H,4H2,1H3,(H3,8,9)(H2,10,11,12). The minimum absolute atomic E-state index is 0.0830.